The van der Waals surface area contributed by atoms with E-state index in [0.717, 1.165) is 31.2 Å². The van der Waals surface area contributed by atoms with Crippen molar-refractivity contribution in [3.8, 4) is 6.07 Å². The average Bonchev–Trinajstić information content (AvgIpc) is 3.08. The summed E-state index contributed by atoms with van der Waals surface area (Å²) in [7, 11) is 0. The van der Waals surface area contributed by atoms with E-state index in [0.29, 0.717) is 11.1 Å². The molecule has 1 saturated carbocycles. The molecule has 0 spiro atoms. The van der Waals surface area contributed by atoms with Crippen molar-refractivity contribution in [2.24, 2.45) is 0 Å². The molecule has 0 aliphatic heterocycles. The predicted molar refractivity (Wildman–Crippen MR) is 80.3 cm³/mol. The van der Waals surface area contributed by atoms with Gasteiger partial charge in [0, 0.05) is 6.92 Å². The Kier molecular flexibility index (Phi) is 3.49. The lowest BCUT2D eigenvalue weighted by atomic mass is 9.98. The smallest absolute Gasteiger partial charge is 0.327 e. The van der Waals surface area contributed by atoms with Crippen LogP contribution >= 0.6 is 0 Å². The van der Waals surface area contributed by atoms with Gasteiger partial charge in [-0.2, -0.15) is 5.26 Å². The van der Waals surface area contributed by atoms with E-state index in [1.165, 1.54) is 6.92 Å². The molecule has 1 N–H and O–H groups in total. The van der Waals surface area contributed by atoms with Crippen LogP contribution in [0.1, 0.15) is 38.2 Å². The van der Waals surface area contributed by atoms with E-state index in [4.69, 9.17) is 10.00 Å². The first-order valence-corrected chi connectivity index (χ1v) is 7.34. The third kappa shape index (κ3) is 2.29. The number of esters is 1. The van der Waals surface area contributed by atoms with Crippen LogP contribution in [0.25, 0.3) is 11.0 Å². The first-order valence-electron chi connectivity index (χ1n) is 7.34. The number of hydrogen-bond acceptors (Lipinski definition) is 4. The molecule has 22 heavy (non-hydrogen) atoms. The third-order valence-electron chi connectivity index (χ3n) is 4.36. The minimum absolute atomic E-state index is 0.204. The number of fused-ring (bicyclic) bond motifs is 1. The highest BCUT2D eigenvalue weighted by molar-refractivity contribution is 5.77. The number of carbonyl (C=O) groups is 1. The van der Waals surface area contributed by atoms with Crippen LogP contribution in [0.4, 0.5) is 0 Å². The van der Waals surface area contributed by atoms with E-state index in [1.54, 1.807) is 22.8 Å². The van der Waals surface area contributed by atoms with E-state index in [2.05, 4.69) is 11.1 Å². The average molecular weight is 299 g/mol. The van der Waals surface area contributed by atoms with Crippen molar-refractivity contribution in [2.75, 3.05) is 6.61 Å². The molecule has 2 aromatic rings. The van der Waals surface area contributed by atoms with Gasteiger partial charge in [0.15, 0.2) is 0 Å². The molecule has 0 radical (unpaired) electrons. The Balaban J connectivity index is 2.14. The van der Waals surface area contributed by atoms with Crippen LogP contribution in [-0.2, 0) is 15.1 Å². The zero-order chi connectivity index (χ0) is 15.7. The lowest BCUT2D eigenvalue weighted by Gasteiger charge is -2.30. The maximum absolute atomic E-state index is 12.5. The lowest BCUT2D eigenvalue weighted by molar-refractivity contribution is -0.144. The van der Waals surface area contributed by atoms with Gasteiger partial charge in [-0.15, -0.1) is 0 Å². The van der Waals surface area contributed by atoms with Crippen LogP contribution in [0.15, 0.2) is 23.0 Å². The Morgan fingerprint density at radius 2 is 2.18 bits per heavy atom. The number of carbonyl (C=O) groups excluding carboxylic acids is 1. The van der Waals surface area contributed by atoms with Gasteiger partial charge in [-0.1, -0.05) is 12.8 Å². The second kappa shape index (κ2) is 5.34. The zero-order valence-corrected chi connectivity index (χ0v) is 12.4. The maximum Gasteiger partial charge on any atom is 0.327 e. The maximum atomic E-state index is 12.5. The van der Waals surface area contributed by atoms with Gasteiger partial charge in [0.2, 0.25) is 0 Å². The third-order valence-corrected chi connectivity index (χ3v) is 4.36. The van der Waals surface area contributed by atoms with Crippen molar-refractivity contribution in [2.45, 2.75) is 38.1 Å². The highest BCUT2D eigenvalue weighted by Crippen LogP contribution is 2.38. The van der Waals surface area contributed by atoms with Crippen molar-refractivity contribution in [3.05, 3.63) is 34.2 Å². The first kappa shape index (κ1) is 14.4. The summed E-state index contributed by atoms with van der Waals surface area (Å²) in [6, 6.07) is 7.21. The molecule has 0 saturated heterocycles. The molecule has 1 aromatic heterocycles. The Hall–Kier alpha value is -2.55. The molecule has 1 aliphatic carbocycles. The van der Waals surface area contributed by atoms with Gasteiger partial charge in [-0.25, -0.2) is 4.79 Å². The van der Waals surface area contributed by atoms with Gasteiger partial charge >= 0.3 is 11.7 Å². The fourth-order valence-corrected chi connectivity index (χ4v) is 3.35. The monoisotopic (exact) mass is 299 g/mol. The van der Waals surface area contributed by atoms with Crippen molar-refractivity contribution < 1.29 is 9.53 Å². The van der Waals surface area contributed by atoms with E-state index >= 15 is 0 Å². The summed E-state index contributed by atoms with van der Waals surface area (Å²) in [5.74, 6) is -0.342. The quantitative estimate of drug-likeness (QED) is 0.878. The number of nitriles is 1. The molecule has 0 amide bonds. The van der Waals surface area contributed by atoms with Crippen LogP contribution in [0, 0.1) is 11.3 Å². The van der Waals surface area contributed by atoms with Gasteiger partial charge in [0.05, 0.1) is 28.2 Å². The number of imidazole rings is 1. The summed E-state index contributed by atoms with van der Waals surface area (Å²) in [6.07, 6.45) is 3.59. The fraction of sp³-hybridized carbons (Fsp3) is 0.438. The first-order chi connectivity index (χ1) is 10.6. The van der Waals surface area contributed by atoms with Crippen LogP contribution in [-0.4, -0.2) is 22.1 Å². The predicted octanol–water partition coefficient (Wildman–Crippen LogP) is 2.03. The Morgan fingerprint density at radius 1 is 1.45 bits per heavy atom. The van der Waals surface area contributed by atoms with Crippen LogP contribution in [0.5, 0.6) is 0 Å². The number of hydrogen-bond donors (Lipinski definition) is 1. The van der Waals surface area contributed by atoms with E-state index < -0.39 is 5.54 Å². The topological polar surface area (TPSA) is 87.9 Å². The number of nitrogens with one attached hydrogen (secondary N) is 1. The highest BCUT2D eigenvalue weighted by Gasteiger charge is 2.39. The van der Waals surface area contributed by atoms with Gasteiger partial charge in [0.1, 0.15) is 6.61 Å². The number of nitrogens with zero attached hydrogens (tertiary/aromatic N) is 2. The molecule has 1 heterocycles. The second-order valence-electron chi connectivity index (χ2n) is 5.82. The molecular formula is C16H17N3O3. The molecule has 1 aliphatic rings. The number of benzene rings is 1. The van der Waals surface area contributed by atoms with E-state index in [1.807, 2.05) is 0 Å². The molecule has 6 heteroatoms. The van der Waals surface area contributed by atoms with E-state index in [-0.39, 0.29) is 18.3 Å². The summed E-state index contributed by atoms with van der Waals surface area (Å²) in [4.78, 5) is 26.5. The lowest BCUT2D eigenvalue weighted by Crippen LogP contribution is -2.42. The van der Waals surface area contributed by atoms with E-state index in [9.17, 15) is 9.59 Å². The second-order valence-corrected chi connectivity index (χ2v) is 5.82. The summed E-state index contributed by atoms with van der Waals surface area (Å²) >= 11 is 0. The summed E-state index contributed by atoms with van der Waals surface area (Å²) in [5.41, 5.74) is 1.17. The summed E-state index contributed by atoms with van der Waals surface area (Å²) in [5, 5.41) is 8.97. The number of H-pyrrole nitrogens is 1. The van der Waals surface area contributed by atoms with Gasteiger partial charge in [-0.05, 0) is 31.0 Å². The van der Waals surface area contributed by atoms with Crippen molar-refractivity contribution >= 4 is 17.0 Å². The Bertz CT molecular complexity index is 819. The number of rotatable bonds is 3. The van der Waals surface area contributed by atoms with Crippen LogP contribution in [0.2, 0.25) is 0 Å². The minimum Gasteiger partial charge on any atom is -0.463 e. The zero-order valence-electron chi connectivity index (χ0n) is 12.4. The normalized spacial score (nSPS) is 16.5. The van der Waals surface area contributed by atoms with Gasteiger partial charge < -0.3 is 9.72 Å². The van der Waals surface area contributed by atoms with Crippen LogP contribution in [0.3, 0.4) is 0 Å². The Morgan fingerprint density at radius 3 is 2.82 bits per heavy atom. The molecular weight excluding hydrogens is 282 g/mol. The molecule has 0 atom stereocenters. The highest BCUT2D eigenvalue weighted by atomic mass is 16.5. The molecule has 1 fully saturated rings. The molecule has 0 bridgehead atoms. The SMILES string of the molecule is CC(=O)OCC1(n2c(=O)[nH]c3cc(C#N)ccc32)CCCC1. The van der Waals surface area contributed by atoms with Crippen LogP contribution < -0.4 is 5.69 Å². The van der Waals surface area contributed by atoms with Crippen molar-refractivity contribution in [1.82, 2.24) is 9.55 Å². The Labute approximate surface area is 127 Å². The minimum atomic E-state index is -0.491. The van der Waals surface area contributed by atoms with Gasteiger partial charge in [-0.3, -0.25) is 9.36 Å². The largest absolute Gasteiger partial charge is 0.463 e. The molecule has 3 rings (SSSR count). The number of aromatic amines is 1. The fourth-order valence-electron chi connectivity index (χ4n) is 3.35. The molecule has 1 aromatic carbocycles. The van der Waals surface area contributed by atoms with Crippen molar-refractivity contribution in [3.63, 3.8) is 0 Å². The molecule has 0 unspecified atom stereocenters. The number of aromatic nitrogens is 2. The summed E-state index contributed by atoms with van der Waals surface area (Å²) in [6.45, 7) is 1.58. The summed E-state index contributed by atoms with van der Waals surface area (Å²) < 4.78 is 6.94. The number of ether oxygens (including phenoxy) is 1. The van der Waals surface area contributed by atoms with Gasteiger partial charge in [0.25, 0.3) is 0 Å². The molecule has 114 valence electrons. The van der Waals surface area contributed by atoms with Crippen molar-refractivity contribution in [1.29, 1.82) is 5.26 Å². The molecule has 6 nitrogen and oxygen atoms in total. The standard InChI is InChI=1S/C16H17N3O3/c1-11(20)22-10-16(6-2-3-7-16)19-14-5-4-12(9-17)8-13(14)18-15(19)21/h4-5,8H,2-3,6-7,10H2,1H3,(H,18,21).